The highest BCUT2D eigenvalue weighted by atomic mass is 16.5. The first kappa shape index (κ1) is 21.0. The summed E-state index contributed by atoms with van der Waals surface area (Å²) in [5, 5.41) is 21.9. The van der Waals surface area contributed by atoms with Crippen molar-refractivity contribution in [2.75, 3.05) is 7.11 Å². The standard InChI is InChI=1S/C26H18N4O4/c1-34-26(33)16-7-4-6-15(14-16)23-28-24(18-8-2-3-10-21(18)31)30-25(29-23)19-11-12-20-17(22(19)32)9-5-13-27-20/h2-14,31-32H,1H3. The third-order valence-electron chi connectivity index (χ3n) is 5.32. The number of phenols is 2. The molecule has 0 radical (unpaired) electrons. The Morgan fingerprint density at radius 1 is 0.794 bits per heavy atom. The lowest BCUT2D eigenvalue weighted by atomic mass is 10.1. The quantitative estimate of drug-likeness (QED) is 0.381. The van der Waals surface area contributed by atoms with Crippen molar-refractivity contribution in [2.45, 2.75) is 0 Å². The topological polar surface area (TPSA) is 118 Å². The molecule has 5 aromatic rings. The van der Waals surface area contributed by atoms with Crippen molar-refractivity contribution in [3.05, 3.63) is 84.6 Å². The molecule has 0 aliphatic carbocycles. The number of ether oxygens (including phenoxy) is 1. The number of aromatic hydroxyl groups is 2. The summed E-state index contributed by atoms with van der Waals surface area (Å²) in [7, 11) is 1.31. The Kier molecular flexibility index (Phi) is 5.31. The molecule has 0 unspecified atom stereocenters. The molecule has 34 heavy (non-hydrogen) atoms. The molecular formula is C26H18N4O4. The third-order valence-corrected chi connectivity index (χ3v) is 5.32. The van der Waals surface area contributed by atoms with E-state index in [2.05, 4.69) is 19.9 Å². The second kappa shape index (κ2) is 8.59. The van der Waals surface area contributed by atoms with E-state index in [0.717, 1.165) is 0 Å². The van der Waals surface area contributed by atoms with E-state index in [9.17, 15) is 15.0 Å². The van der Waals surface area contributed by atoms with Gasteiger partial charge in [-0.05, 0) is 48.5 Å². The van der Waals surface area contributed by atoms with Crippen LogP contribution in [0.1, 0.15) is 10.4 Å². The molecule has 0 amide bonds. The molecule has 3 aromatic carbocycles. The van der Waals surface area contributed by atoms with Crippen LogP contribution in [0.2, 0.25) is 0 Å². The lowest BCUT2D eigenvalue weighted by Crippen LogP contribution is -2.03. The van der Waals surface area contributed by atoms with Gasteiger partial charge in [-0.1, -0.05) is 24.3 Å². The SMILES string of the molecule is COC(=O)c1cccc(-c2nc(-c3ccccc3O)nc(-c3ccc4ncccc4c3O)n2)c1. The Balaban J connectivity index is 1.75. The summed E-state index contributed by atoms with van der Waals surface area (Å²) >= 11 is 0. The lowest BCUT2D eigenvalue weighted by molar-refractivity contribution is 0.0601. The summed E-state index contributed by atoms with van der Waals surface area (Å²) in [5.74, 6) is 0.175. The van der Waals surface area contributed by atoms with Crippen LogP contribution < -0.4 is 0 Å². The molecule has 0 saturated carbocycles. The minimum absolute atomic E-state index is 0.000782. The molecule has 0 fully saturated rings. The fraction of sp³-hybridized carbons (Fsp3) is 0.0385. The van der Waals surface area contributed by atoms with Crippen LogP contribution in [0.5, 0.6) is 11.5 Å². The zero-order valence-corrected chi connectivity index (χ0v) is 18.0. The van der Waals surface area contributed by atoms with Gasteiger partial charge < -0.3 is 14.9 Å². The normalized spacial score (nSPS) is 10.9. The largest absolute Gasteiger partial charge is 0.507 e. The summed E-state index contributed by atoms with van der Waals surface area (Å²) in [4.78, 5) is 30.0. The number of carbonyl (C=O) groups is 1. The second-order valence-corrected chi connectivity index (χ2v) is 7.43. The average Bonchev–Trinajstić information content (AvgIpc) is 2.88. The van der Waals surface area contributed by atoms with Crippen molar-refractivity contribution in [3.63, 3.8) is 0 Å². The molecule has 0 atom stereocenters. The predicted octanol–water partition coefficient (Wildman–Crippen LogP) is 4.62. The number of rotatable bonds is 4. The van der Waals surface area contributed by atoms with Gasteiger partial charge in [0.2, 0.25) is 0 Å². The van der Waals surface area contributed by atoms with Gasteiger partial charge in [0.1, 0.15) is 11.5 Å². The Labute approximate surface area is 194 Å². The number of methoxy groups -OCH3 is 1. The molecule has 5 rings (SSSR count). The number of fused-ring (bicyclic) bond motifs is 1. The number of benzene rings is 3. The number of hydrogen-bond donors (Lipinski definition) is 2. The van der Waals surface area contributed by atoms with Gasteiger partial charge in [0.05, 0.1) is 29.3 Å². The maximum atomic E-state index is 12.0. The Morgan fingerprint density at radius 3 is 2.35 bits per heavy atom. The minimum Gasteiger partial charge on any atom is -0.507 e. The number of hydrogen-bond acceptors (Lipinski definition) is 8. The molecule has 0 aliphatic heterocycles. The maximum absolute atomic E-state index is 12.0. The Morgan fingerprint density at radius 2 is 1.56 bits per heavy atom. The number of carbonyl (C=O) groups excluding carboxylic acids is 1. The predicted molar refractivity (Wildman–Crippen MR) is 126 cm³/mol. The Bertz CT molecular complexity index is 1550. The Hall–Kier alpha value is -4.85. The second-order valence-electron chi connectivity index (χ2n) is 7.43. The average molecular weight is 450 g/mol. The van der Waals surface area contributed by atoms with Crippen molar-refractivity contribution >= 4 is 16.9 Å². The first-order valence-electron chi connectivity index (χ1n) is 10.4. The molecule has 2 N–H and O–H groups in total. The number of pyridine rings is 1. The fourth-order valence-corrected chi connectivity index (χ4v) is 3.63. The van der Waals surface area contributed by atoms with E-state index in [1.807, 2.05) is 0 Å². The van der Waals surface area contributed by atoms with Gasteiger partial charge in [0, 0.05) is 17.1 Å². The van der Waals surface area contributed by atoms with Crippen molar-refractivity contribution in [2.24, 2.45) is 0 Å². The highest BCUT2D eigenvalue weighted by Crippen LogP contribution is 2.36. The van der Waals surface area contributed by atoms with E-state index < -0.39 is 5.97 Å². The zero-order valence-electron chi connectivity index (χ0n) is 18.0. The van der Waals surface area contributed by atoms with Gasteiger partial charge in [0.25, 0.3) is 0 Å². The first-order valence-corrected chi connectivity index (χ1v) is 10.4. The summed E-state index contributed by atoms with van der Waals surface area (Å²) in [5.41, 5.74) is 2.30. The van der Waals surface area contributed by atoms with Crippen LogP contribution in [0.4, 0.5) is 0 Å². The maximum Gasteiger partial charge on any atom is 0.337 e. The van der Waals surface area contributed by atoms with Crippen LogP contribution in [-0.2, 0) is 4.74 Å². The molecule has 2 aromatic heterocycles. The molecule has 8 heteroatoms. The zero-order chi connectivity index (χ0) is 23.7. The smallest absolute Gasteiger partial charge is 0.337 e. The highest BCUT2D eigenvalue weighted by molar-refractivity contribution is 5.92. The van der Waals surface area contributed by atoms with Gasteiger partial charge in [-0.25, -0.2) is 19.7 Å². The molecule has 0 saturated heterocycles. The first-order chi connectivity index (χ1) is 16.5. The van der Waals surface area contributed by atoms with Crippen LogP contribution in [0.25, 0.3) is 45.1 Å². The molecule has 166 valence electrons. The van der Waals surface area contributed by atoms with Crippen LogP contribution in [-0.4, -0.2) is 43.2 Å². The number of phenolic OH excluding ortho intramolecular Hbond substituents is 2. The van der Waals surface area contributed by atoms with E-state index in [4.69, 9.17) is 4.74 Å². The van der Waals surface area contributed by atoms with Crippen molar-refractivity contribution in [3.8, 4) is 45.7 Å². The molecule has 2 heterocycles. The van der Waals surface area contributed by atoms with Crippen molar-refractivity contribution < 1.29 is 19.7 Å². The number of nitrogens with zero attached hydrogens (tertiary/aromatic N) is 4. The number of aromatic nitrogens is 4. The van der Waals surface area contributed by atoms with Gasteiger partial charge in [-0.2, -0.15) is 0 Å². The van der Waals surface area contributed by atoms with Crippen molar-refractivity contribution in [1.82, 2.24) is 19.9 Å². The van der Waals surface area contributed by atoms with Gasteiger partial charge >= 0.3 is 5.97 Å². The summed E-state index contributed by atoms with van der Waals surface area (Å²) < 4.78 is 4.82. The van der Waals surface area contributed by atoms with E-state index in [0.29, 0.717) is 33.2 Å². The summed E-state index contributed by atoms with van der Waals surface area (Å²) in [6.45, 7) is 0. The molecule has 0 bridgehead atoms. The molecule has 8 nitrogen and oxygen atoms in total. The van der Waals surface area contributed by atoms with Crippen LogP contribution in [0, 0.1) is 0 Å². The monoisotopic (exact) mass is 450 g/mol. The van der Waals surface area contributed by atoms with E-state index in [-0.39, 0.29) is 29.0 Å². The lowest BCUT2D eigenvalue weighted by Gasteiger charge is -2.11. The van der Waals surface area contributed by atoms with Crippen LogP contribution in [0.15, 0.2) is 79.0 Å². The molecule has 0 aliphatic rings. The number of esters is 1. The molecule has 0 spiro atoms. The van der Waals surface area contributed by atoms with Gasteiger partial charge in [-0.3, -0.25) is 4.98 Å². The third kappa shape index (κ3) is 3.77. The van der Waals surface area contributed by atoms with E-state index in [1.165, 1.54) is 13.2 Å². The van der Waals surface area contributed by atoms with Crippen LogP contribution >= 0.6 is 0 Å². The van der Waals surface area contributed by atoms with E-state index in [1.54, 1.807) is 72.9 Å². The molecular weight excluding hydrogens is 432 g/mol. The number of para-hydroxylation sites is 1. The van der Waals surface area contributed by atoms with Gasteiger partial charge in [0.15, 0.2) is 17.5 Å². The summed E-state index contributed by atoms with van der Waals surface area (Å²) in [6.07, 6.45) is 1.65. The summed E-state index contributed by atoms with van der Waals surface area (Å²) in [6, 6.07) is 20.3. The van der Waals surface area contributed by atoms with Gasteiger partial charge in [-0.15, -0.1) is 0 Å². The highest BCUT2D eigenvalue weighted by Gasteiger charge is 2.18. The van der Waals surface area contributed by atoms with Crippen molar-refractivity contribution in [1.29, 1.82) is 0 Å². The minimum atomic E-state index is -0.489. The van der Waals surface area contributed by atoms with E-state index >= 15 is 0 Å². The van der Waals surface area contributed by atoms with Crippen LogP contribution in [0.3, 0.4) is 0 Å². The fourth-order valence-electron chi connectivity index (χ4n) is 3.63.